The van der Waals surface area contributed by atoms with Gasteiger partial charge in [0.2, 0.25) is 5.95 Å². The van der Waals surface area contributed by atoms with E-state index in [2.05, 4.69) is 20.3 Å². The number of benzene rings is 2. The smallest absolute Gasteiger partial charge is 0.256 e. The summed E-state index contributed by atoms with van der Waals surface area (Å²) in [4.78, 5) is 24.3. The number of para-hydroxylation sites is 1. The van der Waals surface area contributed by atoms with E-state index in [1.807, 2.05) is 61.5 Å². The van der Waals surface area contributed by atoms with E-state index >= 15 is 0 Å². The second-order valence-electron chi connectivity index (χ2n) is 5.75. The van der Waals surface area contributed by atoms with Gasteiger partial charge >= 0.3 is 0 Å². The van der Waals surface area contributed by atoms with Gasteiger partial charge in [-0.1, -0.05) is 53.8 Å². The van der Waals surface area contributed by atoms with Gasteiger partial charge in [0.1, 0.15) is 0 Å². The number of aromatic nitrogens is 3. The molecule has 6 heteroatoms. The molecule has 4 rings (SSSR count). The number of thiazole rings is 1. The van der Waals surface area contributed by atoms with Crippen molar-refractivity contribution in [2.75, 3.05) is 5.32 Å². The van der Waals surface area contributed by atoms with Crippen LogP contribution in [0.5, 0.6) is 0 Å². The molecule has 0 saturated heterocycles. The van der Waals surface area contributed by atoms with Crippen molar-refractivity contribution >= 4 is 32.6 Å². The zero-order chi connectivity index (χ0) is 17.2. The van der Waals surface area contributed by atoms with E-state index in [-0.39, 0.29) is 5.56 Å². The molecule has 2 N–H and O–H groups in total. The maximum absolute atomic E-state index is 12.5. The molecule has 0 fully saturated rings. The fourth-order valence-corrected chi connectivity index (χ4v) is 3.57. The summed E-state index contributed by atoms with van der Waals surface area (Å²) in [5, 5.41) is 3.81. The number of rotatable bonds is 4. The molecule has 5 nitrogen and oxygen atoms in total. The minimum Gasteiger partial charge on any atom is -0.302 e. The van der Waals surface area contributed by atoms with Crippen LogP contribution in [0.15, 0.2) is 59.4 Å². The Labute approximate surface area is 148 Å². The second-order valence-corrected chi connectivity index (χ2v) is 6.78. The van der Waals surface area contributed by atoms with Gasteiger partial charge in [-0.25, -0.2) is 9.97 Å². The van der Waals surface area contributed by atoms with Crippen molar-refractivity contribution in [1.29, 1.82) is 0 Å². The molecule has 0 spiro atoms. The second kappa shape index (κ2) is 6.49. The largest absolute Gasteiger partial charge is 0.302 e. The topological polar surface area (TPSA) is 70.7 Å². The van der Waals surface area contributed by atoms with Crippen molar-refractivity contribution in [3.8, 4) is 0 Å². The van der Waals surface area contributed by atoms with E-state index in [0.717, 1.165) is 21.5 Å². The average Bonchev–Trinajstić information content (AvgIpc) is 3.01. The van der Waals surface area contributed by atoms with Crippen molar-refractivity contribution in [3.05, 3.63) is 81.8 Å². The lowest BCUT2D eigenvalue weighted by molar-refractivity contribution is 0.985. The molecule has 0 saturated carbocycles. The molecule has 25 heavy (non-hydrogen) atoms. The summed E-state index contributed by atoms with van der Waals surface area (Å²) in [6.07, 6.45) is 0.566. The summed E-state index contributed by atoms with van der Waals surface area (Å²) < 4.78 is 1.09. The van der Waals surface area contributed by atoms with Gasteiger partial charge in [0.05, 0.1) is 15.9 Å². The van der Waals surface area contributed by atoms with E-state index < -0.39 is 0 Å². The first kappa shape index (κ1) is 15.5. The van der Waals surface area contributed by atoms with Gasteiger partial charge in [0.15, 0.2) is 5.13 Å². The number of hydrogen-bond acceptors (Lipinski definition) is 5. The van der Waals surface area contributed by atoms with Gasteiger partial charge in [-0.15, -0.1) is 0 Å². The van der Waals surface area contributed by atoms with Crippen molar-refractivity contribution in [2.24, 2.45) is 0 Å². The first-order chi connectivity index (χ1) is 12.2. The third-order valence-corrected chi connectivity index (χ3v) is 4.92. The summed E-state index contributed by atoms with van der Waals surface area (Å²) in [6.45, 7) is 1.86. The number of nitrogens with zero attached hydrogens (tertiary/aromatic N) is 2. The van der Waals surface area contributed by atoms with E-state index in [9.17, 15) is 4.79 Å². The van der Waals surface area contributed by atoms with E-state index in [4.69, 9.17) is 0 Å². The Morgan fingerprint density at radius 3 is 2.56 bits per heavy atom. The van der Waals surface area contributed by atoms with Gasteiger partial charge in [0, 0.05) is 12.0 Å². The highest BCUT2D eigenvalue weighted by molar-refractivity contribution is 7.22. The predicted molar refractivity (Wildman–Crippen MR) is 102 cm³/mol. The van der Waals surface area contributed by atoms with Crippen LogP contribution in [0.25, 0.3) is 10.2 Å². The van der Waals surface area contributed by atoms with Crippen molar-refractivity contribution in [2.45, 2.75) is 13.3 Å². The Balaban J connectivity index is 1.62. The molecule has 0 radical (unpaired) electrons. The number of aryl methyl sites for hydroxylation is 1. The third-order valence-electron chi connectivity index (χ3n) is 3.97. The lowest BCUT2D eigenvalue weighted by Gasteiger charge is -2.07. The van der Waals surface area contributed by atoms with Crippen LogP contribution in [0.4, 0.5) is 11.1 Å². The molecule has 2 heterocycles. The van der Waals surface area contributed by atoms with Crippen molar-refractivity contribution in [1.82, 2.24) is 15.0 Å². The molecular formula is C19H16N4OS. The molecule has 2 aromatic carbocycles. The summed E-state index contributed by atoms with van der Waals surface area (Å²) in [7, 11) is 0. The van der Waals surface area contributed by atoms with Crippen LogP contribution >= 0.6 is 11.3 Å². The minimum absolute atomic E-state index is 0.125. The summed E-state index contributed by atoms with van der Waals surface area (Å²) >= 11 is 1.53. The van der Waals surface area contributed by atoms with Gasteiger partial charge in [0.25, 0.3) is 5.56 Å². The molecule has 0 atom stereocenters. The number of nitrogens with one attached hydrogen (secondary N) is 2. The first-order valence-electron chi connectivity index (χ1n) is 7.95. The van der Waals surface area contributed by atoms with Crippen molar-refractivity contribution in [3.63, 3.8) is 0 Å². The van der Waals surface area contributed by atoms with Gasteiger partial charge in [-0.05, 0) is 24.6 Å². The van der Waals surface area contributed by atoms with Crippen molar-refractivity contribution < 1.29 is 0 Å². The highest BCUT2D eigenvalue weighted by Gasteiger charge is 2.10. The standard InChI is InChI=1S/C19H16N4OS/c1-12-14(11-13-7-3-2-4-8-13)17(24)22-18(20-12)23-19-21-15-9-5-6-10-16(15)25-19/h2-10H,11H2,1H3,(H2,20,21,22,23,24). The fraction of sp³-hybridized carbons (Fsp3) is 0.105. The zero-order valence-corrected chi connectivity index (χ0v) is 14.4. The Morgan fingerprint density at radius 2 is 1.80 bits per heavy atom. The Morgan fingerprint density at radius 1 is 1.04 bits per heavy atom. The first-order valence-corrected chi connectivity index (χ1v) is 8.77. The quantitative estimate of drug-likeness (QED) is 0.584. The predicted octanol–water partition coefficient (Wildman–Crippen LogP) is 4.02. The Hall–Kier alpha value is -2.99. The highest BCUT2D eigenvalue weighted by atomic mass is 32.1. The van der Waals surface area contributed by atoms with E-state index in [1.54, 1.807) is 0 Å². The van der Waals surface area contributed by atoms with Crippen LogP contribution in [0.1, 0.15) is 16.8 Å². The Bertz CT molecular complexity index is 1050. The molecule has 0 bridgehead atoms. The SMILES string of the molecule is Cc1nc(Nc2nc3ccccc3s2)[nH]c(=O)c1Cc1ccccc1. The number of fused-ring (bicyclic) bond motifs is 1. The molecule has 4 aromatic rings. The number of H-pyrrole nitrogens is 1. The molecule has 124 valence electrons. The Kier molecular flexibility index (Phi) is 4.03. The molecule has 0 aliphatic rings. The highest BCUT2D eigenvalue weighted by Crippen LogP contribution is 2.26. The summed E-state index contributed by atoms with van der Waals surface area (Å²) in [5.74, 6) is 0.415. The van der Waals surface area contributed by atoms with Crippen LogP contribution < -0.4 is 10.9 Å². The zero-order valence-electron chi connectivity index (χ0n) is 13.6. The summed E-state index contributed by atoms with van der Waals surface area (Å²) in [5.41, 5.74) is 3.29. The number of anilines is 2. The fourth-order valence-electron chi connectivity index (χ4n) is 2.70. The molecule has 0 aliphatic carbocycles. The number of hydrogen-bond donors (Lipinski definition) is 2. The monoisotopic (exact) mass is 348 g/mol. The lowest BCUT2D eigenvalue weighted by atomic mass is 10.1. The third kappa shape index (κ3) is 3.29. The van der Waals surface area contributed by atoms with Gasteiger partial charge in [-0.2, -0.15) is 0 Å². The van der Waals surface area contributed by atoms with Gasteiger partial charge in [-0.3, -0.25) is 9.78 Å². The maximum Gasteiger partial charge on any atom is 0.256 e. The van der Waals surface area contributed by atoms with Crippen LogP contribution in [0.3, 0.4) is 0 Å². The van der Waals surface area contributed by atoms with Crippen LogP contribution in [0.2, 0.25) is 0 Å². The molecule has 0 amide bonds. The molecule has 0 aliphatic heterocycles. The van der Waals surface area contributed by atoms with Crippen LogP contribution in [-0.4, -0.2) is 15.0 Å². The van der Waals surface area contributed by atoms with Crippen LogP contribution in [-0.2, 0) is 6.42 Å². The molecular weight excluding hydrogens is 332 g/mol. The maximum atomic E-state index is 12.5. The number of aromatic amines is 1. The minimum atomic E-state index is -0.125. The molecule has 0 unspecified atom stereocenters. The van der Waals surface area contributed by atoms with Gasteiger partial charge < -0.3 is 5.32 Å². The normalized spacial score (nSPS) is 10.9. The van der Waals surface area contributed by atoms with E-state index in [0.29, 0.717) is 23.1 Å². The lowest BCUT2D eigenvalue weighted by Crippen LogP contribution is -2.18. The summed E-state index contributed by atoms with van der Waals surface area (Å²) in [6, 6.07) is 17.8. The average molecular weight is 348 g/mol. The van der Waals surface area contributed by atoms with E-state index in [1.165, 1.54) is 11.3 Å². The molecule has 2 aromatic heterocycles. The van der Waals surface area contributed by atoms with Crippen LogP contribution in [0, 0.1) is 6.92 Å².